The van der Waals surface area contributed by atoms with Crippen molar-refractivity contribution in [2.45, 2.75) is 13.0 Å². The summed E-state index contributed by atoms with van der Waals surface area (Å²) in [5.41, 5.74) is 6.77. The maximum Gasteiger partial charge on any atom is 0.154 e. The van der Waals surface area contributed by atoms with E-state index >= 15 is 0 Å². The fourth-order valence-electron chi connectivity index (χ4n) is 2.59. The van der Waals surface area contributed by atoms with Crippen LogP contribution >= 0.6 is 12.2 Å². The van der Waals surface area contributed by atoms with E-state index in [0.29, 0.717) is 4.99 Å². The molecular formula is C13H18N6S. The van der Waals surface area contributed by atoms with Crippen LogP contribution in [0.2, 0.25) is 0 Å². The second-order valence-electron chi connectivity index (χ2n) is 5.01. The first kappa shape index (κ1) is 13.3. The molecule has 106 valence electrons. The lowest BCUT2D eigenvalue weighted by molar-refractivity contribution is 0.239. The molecule has 1 unspecified atom stereocenters. The first-order valence-electron chi connectivity index (χ1n) is 6.73. The zero-order valence-corrected chi connectivity index (χ0v) is 12.3. The van der Waals surface area contributed by atoms with Gasteiger partial charge < -0.3 is 10.6 Å². The van der Waals surface area contributed by atoms with Gasteiger partial charge in [-0.1, -0.05) is 12.2 Å². The van der Waals surface area contributed by atoms with Crippen molar-refractivity contribution >= 4 is 28.5 Å². The fourth-order valence-corrected chi connectivity index (χ4v) is 2.74. The smallest absolute Gasteiger partial charge is 0.154 e. The lowest BCUT2D eigenvalue weighted by Crippen LogP contribution is -2.53. The first-order chi connectivity index (χ1) is 9.66. The number of thiocarbonyl (C=S) groups is 1. The minimum Gasteiger partial charge on any atom is -0.392 e. The van der Waals surface area contributed by atoms with E-state index in [-0.39, 0.29) is 6.04 Å². The van der Waals surface area contributed by atoms with E-state index < -0.39 is 0 Å². The normalized spacial score (nSPS) is 18.4. The van der Waals surface area contributed by atoms with Gasteiger partial charge in [0.1, 0.15) is 5.52 Å². The van der Waals surface area contributed by atoms with E-state index in [9.17, 15) is 0 Å². The fraction of sp³-hybridized carbons (Fsp3) is 0.462. The van der Waals surface area contributed by atoms with E-state index in [1.807, 2.05) is 16.8 Å². The van der Waals surface area contributed by atoms with Gasteiger partial charge in [-0.25, -0.2) is 9.50 Å². The molecule has 0 radical (unpaired) electrons. The molecule has 1 aliphatic heterocycles. The third-order valence-corrected chi connectivity index (χ3v) is 4.22. The van der Waals surface area contributed by atoms with E-state index in [0.717, 1.165) is 37.5 Å². The first-order valence-corrected chi connectivity index (χ1v) is 7.14. The van der Waals surface area contributed by atoms with Crippen LogP contribution in [0.15, 0.2) is 24.7 Å². The van der Waals surface area contributed by atoms with E-state index in [2.05, 4.69) is 26.8 Å². The van der Waals surface area contributed by atoms with Gasteiger partial charge in [-0.05, 0) is 13.0 Å². The van der Waals surface area contributed by atoms with Crippen molar-refractivity contribution in [2.24, 2.45) is 5.73 Å². The lowest BCUT2D eigenvalue weighted by atomic mass is 10.2. The van der Waals surface area contributed by atoms with Crippen LogP contribution in [0.4, 0.5) is 5.82 Å². The lowest BCUT2D eigenvalue weighted by Gasteiger charge is -2.38. The molecule has 6 nitrogen and oxygen atoms in total. The van der Waals surface area contributed by atoms with Gasteiger partial charge >= 0.3 is 0 Å². The molecule has 2 aromatic rings. The molecule has 0 aromatic carbocycles. The number of hydrogen-bond acceptors (Lipinski definition) is 5. The molecule has 0 bridgehead atoms. The molecular weight excluding hydrogens is 272 g/mol. The maximum absolute atomic E-state index is 5.73. The Labute approximate surface area is 123 Å². The van der Waals surface area contributed by atoms with Crippen LogP contribution < -0.4 is 10.6 Å². The van der Waals surface area contributed by atoms with Crippen LogP contribution in [0.3, 0.4) is 0 Å². The Morgan fingerprint density at radius 2 is 2.05 bits per heavy atom. The average molecular weight is 290 g/mol. The molecule has 1 atom stereocenters. The predicted molar refractivity (Wildman–Crippen MR) is 83.0 cm³/mol. The Balaban J connectivity index is 1.75. The van der Waals surface area contributed by atoms with Crippen LogP contribution in [0.1, 0.15) is 6.92 Å². The van der Waals surface area contributed by atoms with Crippen molar-refractivity contribution in [3.8, 4) is 0 Å². The van der Waals surface area contributed by atoms with Crippen LogP contribution in [-0.4, -0.2) is 56.7 Å². The van der Waals surface area contributed by atoms with Crippen molar-refractivity contribution in [2.75, 3.05) is 31.1 Å². The summed E-state index contributed by atoms with van der Waals surface area (Å²) in [6.45, 7) is 5.79. The Kier molecular flexibility index (Phi) is 3.54. The van der Waals surface area contributed by atoms with Gasteiger partial charge in [0.15, 0.2) is 5.82 Å². The second-order valence-corrected chi connectivity index (χ2v) is 5.48. The Morgan fingerprint density at radius 1 is 1.30 bits per heavy atom. The summed E-state index contributed by atoms with van der Waals surface area (Å²) in [6, 6.07) is 2.15. The summed E-state index contributed by atoms with van der Waals surface area (Å²) in [6.07, 6.45) is 5.45. The number of fused-ring (bicyclic) bond motifs is 1. The van der Waals surface area contributed by atoms with Crippen LogP contribution in [-0.2, 0) is 0 Å². The van der Waals surface area contributed by atoms with Crippen LogP contribution in [0.5, 0.6) is 0 Å². The zero-order valence-electron chi connectivity index (χ0n) is 11.4. The van der Waals surface area contributed by atoms with Gasteiger partial charge in [-0.2, -0.15) is 5.10 Å². The number of rotatable bonds is 3. The van der Waals surface area contributed by atoms with Gasteiger partial charge in [0.2, 0.25) is 0 Å². The highest BCUT2D eigenvalue weighted by Crippen LogP contribution is 2.20. The van der Waals surface area contributed by atoms with Gasteiger partial charge in [-0.3, -0.25) is 4.90 Å². The standard InChI is InChI=1S/C13H18N6S/c1-10(12(14)20)17-6-8-18(9-7-17)13-11-2-3-16-19(11)5-4-15-13/h2-5,10H,6-9H2,1H3,(H2,14,20). The number of hydrogen-bond donors (Lipinski definition) is 1. The summed E-state index contributed by atoms with van der Waals surface area (Å²) in [5, 5.41) is 4.25. The number of nitrogens with two attached hydrogens (primary N) is 1. The van der Waals surface area contributed by atoms with Gasteiger partial charge in [0.05, 0.1) is 17.2 Å². The van der Waals surface area contributed by atoms with Gasteiger partial charge in [0.25, 0.3) is 0 Å². The van der Waals surface area contributed by atoms with Crippen LogP contribution in [0, 0.1) is 0 Å². The average Bonchev–Trinajstić information content (AvgIpc) is 2.95. The summed E-state index contributed by atoms with van der Waals surface area (Å²) in [4.78, 5) is 9.67. The van der Waals surface area contributed by atoms with Gasteiger partial charge in [-0.15, -0.1) is 0 Å². The highest BCUT2D eigenvalue weighted by molar-refractivity contribution is 7.80. The molecule has 2 N–H and O–H groups in total. The molecule has 1 aliphatic rings. The molecule has 3 rings (SSSR count). The number of piperazine rings is 1. The molecule has 0 aliphatic carbocycles. The third kappa shape index (κ3) is 2.34. The van der Waals surface area contributed by atoms with Crippen molar-refractivity contribution in [1.29, 1.82) is 0 Å². The summed E-state index contributed by atoms with van der Waals surface area (Å²) < 4.78 is 1.85. The monoisotopic (exact) mass is 290 g/mol. The Hall–Kier alpha value is -1.73. The predicted octanol–water partition coefficient (Wildman–Crippen LogP) is 0.526. The summed E-state index contributed by atoms with van der Waals surface area (Å²) in [5.74, 6) is 0.993. The molecule has 7 heteroatoms. The molecule has 3 heterocycles. The molecule has 20 heavy (non-hydrogen) atoms. The van der Waals surface area contributed by atoms with Crippen molar-refractivity contribution in [1.82, 2.24) is 19.5 Å². The number of anilines is 1. The third-order valence-electron chi connectivity index (χ3n) is 3.88. The quantitative estimate of drug-likeness (QED) is 0.832. The SMILES string of the molecule is CC(C(N)=S)N1CCN(c2nccn3nccc23)CC1. The van der Waals surface area contributed by atoms with E-state index in [4.69, 9.17) is 18.0 Å². The topological polar surface area (TPSA) is 62.7 Å². The van der Waals surface area contributed by atoms with Crippen molar-refractivity contribution < 1.29 is 0 Å². The highest BCUT2D eigenvalue weighted by atomic mass is 32.1. The van der Waals surface area contributed by atoms with Crippen molar-refractivity contribution in [3.05, 3.63) is 24.7 Å². The molecule has 0 amide bonds. The molecule has 0 saturated carbocycles. The van der Waals surface area contributed by atoms with Gasteiger partial charge in [0, 0.05) is 38.6 Å². The Morgan fingerprint density at radius 3 is 2.75 bits per heavy atom. The minimum atomic E-state index is 0.158. The van der Waals surface area contributed by atoms with Crippen molar-refractivity contribution in [3.63, 3.8) is 0 Å². The number of aromatic nitrogens is 3. The second kappa shape index (κ2) is 5.34. The Bertz CT molecular complexity index is 616. The zero-order chi connectivity index (χ0) is 14.1. The summed E-state index contributed by atoms with van der Waals surface area (Å²) >= 11 is 5.07. The van der Waals surface area contributed by atoms with E-state index in [1.54, 1.807) is 12.4 Å². The minimum absolute atomic E-state index is 0.158. The molecule has 2 aromatic heterocycles. The number of nitrogens with zero attached hydrogens (tertiary/aromatic N) is 5. The van der Waals surface area contributed by atoms with Crippen LogP contribution in [0.25, 0.3) is 5.52 Å². The highest BCUT2D eigenvalue weighted by Gasteiger charge is 2.24. The molecule has 1 saturated heterocycles. The molecule has 0 spiro atoms. The maximum atomic E-state index is 5.73. The summed E-state index contributed by atoms with van der Waals surface area (Å²) in [7, 11) is 0. The van der Waals surface area contributed by atoms with E-state index in [1.165, 1.54) is 0 Å². The molecule has 1 fully saturated rings. The largest absolute Gasteiger partial charge is 0.392 e.